The number of hydrogen-bond donors (Lipinski definition) is 1. The van der Waals surface area contributed by atoms with Crippen molar-refractivity contribution in [1.82, 2.24) is 0 Å². The lowest BCUT2D eigenvalue weighted by molar-refractivity contribution is -0.120. The van der Waals surface area contributed by atoms with Gasteiger partial charge in [0.15, 0.2) is 5.78 Å². The van der Waals surface area contributed by atoms with Crippen molar-refractivity contribution in [3.63, 3.8) is 0 Å². The van der Waals surface area contributed by atoms with Crippen LogP contribution >= 0.6 is 11.6 Å². The smallest absolute Gasteiger partial charge is 0.153 e. The lowest BCUT2D eigenvalue weighted by Crippen LogP contribution is -2.33. The highest BCUT2D eigenvalue weighted by atomic mass is 35.5. The quantitative estimate of drug-likeness (QED) is 0.881. The topological polar surface area (TPSA) is 43.1 Å². The van der Waals surface area contributed by atoms with Gasteiger partial charge in [-0.3, -0.25) is 4.79 Å². The Bertz CT molecular complexity index is 406. The molecule has 0 saturated heterocycles. The van der Waals surface area contributed by atoms with E-state index < -0.39 is 11.9 Å². The average molecular weight is 258 g/mol. The van der Waals surface area contributed by atoms with Gasteiger partial charge in [0, 0.05) is 11.4 Å². The van der Waals surface area contributed by atoms with Gasteiger partial charge in [0.25, 0.3) is 0 Å². The summed E-state index contributed by atoms with van der Waals surface area (Å²) in [4.78, 5) is 11.8. The SMILES string of the molecule is CC(C)CC(N)C(=O)Cc1ccc(F)cc1Cl. The first-order chi connectivity index (χ1) is 7.90. The Kier molecular flexibility index (Phi) is 5.09. The number of ketones is 1. The van der Waals surface area contributed by atoms with Crippen molar-refractivity contribution in [3.8, 4) is 0 Å². The van der Waals surface area contributed by atoms with Crippen molar-refractivity contribution in [2.75, 3.05) is 0 Å². The lowest BCUT2D eigenvalue weighted by Gasteiger charge is -2.13. The second kappa shape index (κ2) is 6.12. The van der Waals surface area contributed by atoms with Crippen LogP contribution in [0, 0.1) is 11.7 Å². The van der Waals surface area contributed by atoms with Gasteiger partial charge in [0.1, 0.15) is 5.82 Å². The predicted molar refractivity (Wildman–Crippen MR) is 67.6 cm³/mol. The standard InChI is InChI=1S/C13H17ClFNO/c1-8(2)5-12(16)13(17)6-9-3-4-10(15)7-11(9)14/h3-4,7-8,12H,5-6,16H2,1-2H3. The summed E-state index contributed by atoms with van der Waals surface area (Å²) in [5.41, 5.74) is 6.40. The molecule has 0 heterocycles. The van der Waals surface area contributed by atoms with Gasteiger partial charge < -0.3 is 5.73 Å². The first kappa shape index (κ1) is 14.1. The molecule has 0 aliphatic carbocycles. The first-order valence-electron chi connectivity index (χ1n) is 5.62. The van der Waals surface area contributed by atoms with E-state index in [0.29, 0.717) is 17.9 Å². The Hall–Kier alpha value is -0.930. The number of hydrogen-bond acceptors (Lipinski definition) is 2. The molecule has 0 aromatic heterocycles. The number of halogens is 2. The molecule has 0 fully saturated rings. The van der Waals surface area contributed by atoms with Crippen molar-refractivity contribution in [2.45, 2.75) is 32.7 Å². The van der Waals surface area contributed by atoms with E-state index in [9.17, 15) is 9.18 Å². The number of carbonyl (C=O) groups is 1. The zero-order valence-electron chi connectivity index (χ0n) is 10.0. The van der Waals surface area contributed by atoms with E-state index in [1.54, 1.807) is 0 Å². The van der Waals surface area contributed by atoms with Crippen LogP contribution in [0.1, 0.15) is 25.8 Å². The summed E-state index contributed by atoms with van der Waals surface area (Å²) >= 11 is 5.85. The Morgan fingerprint density at radius 2 is 2.12 bits per heavy atom. The Labute approximate surface area is 106 Å². The Balaban J connectivity index is 2.67. The minimum Gasteiger partial charge on any atom is -0.321 e. The third kappa shape index (κ3) is 4.44. The maximum atomic E-state index is 12.8. The monoisotopic (exact) mass is 257 g/mol. The van der Waals surface area contributed by atoms with Gasteiger partial charge in [-0.15, -0.1) is 0 Å². The van der Waals surface area contributed by atoms with Crippen LogP contribution in [0.5, 0.6) is 0 Å². The summed E-state index contributed by atoms with van der Waals surface area (Å²) < 4.78 is 12.8. The van der Waals surface area contributed by atoms with Crippen molar-refractivity contribution in [2.24, 2.45) is 11.7 Å². The molecule has 0 radical (unpaired) electrons. The van der Waals surface area contributed by atoms with Gasteiger partial charge >= 0.3 is 0 Å². The van der Waals surface area contributed by atoms with Crippen molar-refractivity contribution < 1.29 is 9.18 Å². The maximum absolute atomic E-state index is 12.8. The lowest BCUT2D eigenvalue weighted by atomic mass is 9.97. The van der Waals surface area contributed by atoms with Gasteiger partial charge in [0.05, 0.1) is 6.04 Å². The predicted octanol–water partition coefficient (Wildman–Crippen LogP) is 2.96. The second-order valence-corrected chi connectivity index (χ2v) is 5.02. The molecule has 2 N–H and O–H groups in total. The number of rotatable bonds is 5. The molecule has 0 aliphatic heterocycles. The summed E-state index contributed by atoms with van der Waals surface area (Å²) in [6.07, 6.45) is 0.810. The zero-order valence-corrected chi connectivity index (χ0v) is 10.8. The van der Waals surface area contributed by atoms with Crippen LogP contribution in [0.15, 0.2) is 18.2 Å². The largest absolute Gasteiger partial charge is 0.321 e. The van der Waals surface area contributed by atoms with Crippen molar-refractivity contribution in [3.05, 3.63) is 34.6 Å². The molecular formula is C13H17ClFNO. The van der Waals surface area contributed by atoms with Gasteiger partial charge in [-0.05, 0) is 30.0 Å². The van der Waals surface area contributed by atoms with E-state index >= 15 is 0 Å². The second-order valence-electron chi connectivity index (χ2n) is 4.61. The summed E-state index contributed by atoms with van der Waals surface area (Å²) in [5.74, 6) is -0.0949. The molecule has 2 nitrogen and oxygen atoms in total. The maximum Gasteiger partial charge on any atom is 0.153 e. The van der Waals surface area contributed by atoms with Crippen LogP contribution < -0.4 is 5.73 Å². The van der Waals surface area contributed by atoms with Crippen LogP contribution in [0.3, 0.4) is 0 Å². The minimum absolute atomic E-state index is 0.0628. The van der Waals surface area contributed by atoms with Gasteiger partial charge in [-0.2, -0.15) is 0 Å². The fourth-order valence-corrected chi connectivity index (χ4v) is 1.86. The van der Waals surface area contributed by atoms with Crippen molar-refractivity contribution in [1.29, 1.82) is 0 Å². The molecular weight excluding hydrogens is 241 g/mol. The number of benzene rings is 1. The normalized spacial score (nSPS) is 12.8. The highest BCUT2D eigenvalue weighted by molar-refractivity contribution is 6.31. The number of nitrogens with two attached hydrogens (primary N) is 1. The molecule has 1 atom stereocenters. The van der Waals surface area contributed by atoms with Crippen molar-refractivity contribution >= 4 is 17.4 Å². The molecule has 0 amide bonds. The molecule has 0 bridgehead atoms. The third-order valence-corrected chi connectivity index (χ3v) is 2.87. The van der Waals surface area contributed by atoms with E-state index in [4.69, 9.17) is 17.3 Å². The molecule has 94 valence electrons. The van der Waals surface area contributed by atoms with E-state index in [0.717, 1.165) is 0 Å². The van der Waals surface area contributed by atoms with Crippen LogP contribution in [-0.4, -0.2) is 11.8 Å². The van der Waals surface area contributed by atoms with Gasteiger partial charge in [-0.1, -0.05) is 31.5 Å². The third-order valence-electron chi connectivity index (χ3n) is 2.52. The molecule has 1 rings (SSSR count). The molecule has 0 spiro atoms. The molecule has 1 aromatic carbocycles. The zero-order chi connectivity index (χ0) is 13.0. The average Bonchev–Trinajstić information content (AvgIpc) is 2.21. The van der Waals surface area contributed by atoms with Crippen LogP contribution in [0.25, 0.3) is 0 Å². The summed E-state index contributed by atoms with van der Waals surface area (Å²) in [5, 5.41) is 0.273. The first-order valence-corrected chi connectivity index (χ1v) is 6.00. The Morgan fingerprint density at radius 3 is 2.65 bits per heavy atom. The van der Waals surface area contributed by atoms with Crippen LogP contribution in [0.4, 0.5) is 4.39 Å². The minimum atomic E-state index is -0.476. The summed E-state index contributed by atoms with van der Waals surface area (Å²) in [7, 11) is 0. The van der Waals surface area contributed by atoms with Crippen LogP contribution in [-0.2, 0) is 11.2 Å². The van der Waals surface area contributed by atoms with Gasteiger partial charge in [-0.25, -0.2) is 4.39 Å². The number of carbonyl (C=O) groups excluding carboxylic acids is 1. The molecule has 17 heavy (non-hydrogen) atoms. The molecule has 0 aliphatic rings. The summed E-state index contributed by atoms with van der Waals surface area (Å²) in [6.45, 7) is 4.02. The fourth-order valence-electron chi connectivity index (χ4n) is 1.62. The molecule has 1 unspecified atom stereocenters. The molecule has 0 saturated carbocycles. The van der Waals surface area contributed by atoms with E-state index in [2.05, 4.69) is 0 Å². The van der Waals surface area contributed by atoms with E-state index in [1.807, 2.05) is 13.8 Å². The fraction of sp³-hybridized carbons (Fsp3) is 0.462. The van der Waals surface area contributed by atoms with Crippen LogP contribution in [0.2, 0.25) is 5.02 Å². The highest BCUT2D eigenvalue weighted by Gasteiger charge is 2.16. The Morgan fingerprint density at radius 1 is 1.47 bits per heavy atom. The number of Topliss-reactive ketones (excluding diaryl/α,β-unsaturated/α-hetero) is 1. The van der Waals surface area contributed by atoms with E-state index in [-0.39, 0.29) is 17.2 Å². The molecule has 1 aromatic rings. The highest BCUT2D eigenvalue weighted by Crippen LogP contribution is 2.18. The molecule has 4 heteroatoms. The van der Waals surface area contributed by atoms with E-state index in [1.165, 1.54) is 18.2 Å². The van der Waals surface area contributed by atoms with Gasteiger partial charge in [0.2, 0.25) is 0 Å². The summed E-state index contributed by atoms with van der Waals surface area (Å²) in [6, 6.07) is 3.55.